The van der Waals surface area contributed by atoms with Crippen molar-refractivity contribution in [3.8, 4) is 0 Å². The predicted molar refractivity (Wildman–Crippen MR) is 64.3 cm³/mol. The predicted octanol–water partition coefficient (Wildman–Crippen LogP) is 1.06. The summed E-state index contributed by atoms with van der Waals surface area (Å²) in [5, 5.41) is 6.02. The number of hydrogen-bond donors (Lipinski definition) is 2. The molecule has 1 heterocycles. The molecule has 4 heteroatoms. The highest BCUT2D eigenvalue weighted by atomic mass is 16.5. The standard InChI is InChI=1S/C12H24N2O2/c1-11(2)8-9(12(3,4)16-11)14-7-6-10(15)13-5/h9,14H,6-8H2,1-5H3,(H,13,15). The summed E-state index contributed by atoms with van der Waals surface area (Å²) in [5.74, 6) is 0.0727. The second kappa shape index (κ2) is 4.72. The molecule has 0 aliphatic carbocycles. The molecule has 1 aliphatic heterocycles. The Morgan fingerprint density at radius 2 is 2.00 bits per heavy atom. The van der Waals surface area contributed by atoms with Crippen molar-refractivity contribution in [1.82, 2.24) is 10.6 Å². The number of amides is 1. The Balaban J connectivity index is 2.40. The van der Waals surface area contributed by atoms with Crippen LogP contribution in [0.4, 0.5) is 0 Å². The fourth-order valence-electron chi connectivity index (χ4n) is 2.37. The number of hydrogen-bond acceptors (Lipinski definition) is 3. The molecule has 4 nitrogen and oxygen atoms in total. The SMILES string of the molecule is CNC(=O)CCNC1CC(C)(C)OC1(C)C. The second-order valence-electron chi connectivity index (χ2n) is 5.60. The molecule has 0 aromatic heterocycles. The van der Waals surface area contributed by atoms with E-state index in [2.05, 4.69) is 38.3 Å². The fraction of sp³-hybridized carbons (Fsp3) is 0.917. The van der Waals surface area contributed by atoms with E-state index >= 15 is 0 Å². The molecule has 0 aromatic rings. The number of nitrogens with one attached hydrogen (secondary N) is 2. The van der Waals surface area contributed by atoms with Crippen LogP contribution in [0.3, 0.4) is 0 Å². The minimum absolute atomic E-state index is 0.0727. The summed E-state index contributed by atoms with van der Waals surface area (Å²) in [6, 6.07) is 0.312. The van der Waals surface area contributed by atoms with Gasteiger partial charge in [-0.2, -0.15) is 0 Å². The molecule has 1 aliphatic rings. The van der Waals surface area contributed by atoms with E-state index in [4.69, 9.17) is 4.74 Å². The highest BCUT2D eigenvalue weighted by Crippen LogP contribution is 2.37. The van der Waals surface area contributed by atoms with E-state index < -0.39 is 0 Å². The van der Waals surface area contributed by atoms with Gasteiger partial charge in [-0.15, -0.1) is 0 Å². The van der Waals surface area contributed by atoms with E-state index in [1.807, 2.05) is 0 Å². The van der Waals surface area contributed by atoms with Crippen LogP contribution in [0.1, 0.15) is 40.5 Å². The van der Waals surface area contributed by atoms with Crippen molar-refractivity contribution < 1.29 is 9.53 Å². The van der Waals surface area contributed by atoms with Crippen molar-refractivity contribution >= 4 is 5.91 Å². The minimum atomic E-state index is -0.161. The zero-order chi connectivity index (χ0) is 12.4. The number of carbonyl (C=O) groups is 1. The summed E-state index contributed by atoms with van der Waals surface area (Å²) >= 11 is 0. The Morgan fingerprint density at radius 1 is 1.38 bits per heavy atom. The van der Waals surface area contributed by atoms with E-state index in [0.29, 0.717) is 19.0 Å². The lowest BCUT2D eigenvalue weighted by Crippen LogP contribution is -2.44. The molecule has 0 aromatic carbocycles. The van der Waals surface area contributed by atoms with Gasteiger partial charge >= 0.3 is 0 Å². The highest BCUT2D eigenvalue weighted by molar-refractivity contribution is 5.75. The summed E-state index contributed by atoms with van der Waals surface area (Å²) in [5.41, 5.74) is -0.236. The molecule has 1 unspecified atom stereocenters. The van der Waals surface area contributed by atoms with Crippen LogP contribution < -0.4 is 10.6 Å². The molecule has 1 atom stereocenters. The van der Waals surface area contributed by atoms with E-state index in [-0.39, 0.29) is 17.1 Å². The molecule has 16 heavy (non-hydrogen) atoms. The first-order valence-corrected chi connectivity index (χ1v) is 5.91. The zero-order valence-electron chi connectivity index (χ0n) is 11.0. The average molecular weight is 228 g/mol. The van der Waals surface area contributed by atoms with Gasteiger partial charge < -0.3 is 15.4 Å². The summed E-state index contributed by atoms with van der Waals surface area (Å²) in [7, 11) is 1.66. The smallest absolute Gasteiger partial charge is 0.221 e. The van der Waals surface area contributed by atoms with Crippen molar-refractivity contribution in [3.05, 3.63) is 0 Å². The first kappa shape index (κ1) is 13.5. The number of rotatable bonds is 4. The monoisotopic (exact) mass is 228 g/mol. The Bertz CT molecular complexity index is 262. The van der Waals surface area contributed by atoms with Gasteiger partial charge in [-0.3, -0.25) is 4.79 Å². The van der Waals surface area contributed by atoms with Crippen LogP contribution in [0, 0.1) is 0 Å². The zero-order valence-corrected chi connectivity index (χ0v) is 11.0. The third-order valence-electron chi connectivity index (χ3n) is 3.10. The van der Waals surface area contributed by atoms with Gasteiger partial charge in [-0.1, -0.05) is 0 Å². The highest BCUT2D eigenvalue weighted by Gasteiger charge is 2.45. The van der Waals surface area contributed by atoms with E-state index in [9.17, 15) is 4.79 Å². The van der Waals surface area contributed by atoms with E-state index in [0.717, 1.165) is 6.42 Å². The van der Waals surface area contributed by atoms with Crippen LogP contribution in [0.2, 0.25) is 0 Å². The van der Waals surface area contributed by atoms with Gasteiger partial charge in [0.15, 0.2) is 0 Å². The van der Waals surface area contributed by atoms with Crippen LogP contribution in [0.5, 0.6) is 0 Å². The fourth-order valence-corrected chi connectivity index (χ4v) is 2.37. The van der Waals surface area contributed by atoms with Crippen LogP contribution in [0.25, 0.3) is 0 Å². The molecule has 0 radical (unpaired) electrons. The molecule has 94 valence electrons. The van der Waals surface area contributed by atoms with Crippen LogP contribution in [-0.4, -0.2) is 36.7 Å². The minimum Gasteiger partial charge on any atom is -0.368 e. The molecule has 0 saturated carbocycles. The Hall–Kier alpha value is -0.610. The van der Waals surface area contributed by atoms with Gasteiger partial charge in [-0.25, -0.2) is 0 Å². The lowest BCUT2D eigenvalue weighted by Gasteiger charge is -2.27. The first-order valence-electron chi connectivity index (χ1n) is 5.91. The van der Waals surface area contributed by atoms with Crippen LogP contribution >= 0.6 is 0 Å². The molecule has 0 spiro atoms. The van der Waals surface area contributed by atoms with Gasteiger partial charge in [-0.05, 0) is 34.1 Å². The van der Waals surface area contributed by atoms with Crippen LogP contribution in [-0.2, 0) is 9.53 Å². The largest absolute Gasteiger partial charge is 0.368 e. The van der Waals surface area contributed by atoms with Crippen molar-refractivity contribution in [1.29, 1.82) is 0 Å². The third-order valence-corrected chi connectivity index (χ3v) is 3.10. The lowest BCUT2D eigenvalue weighted by atomic mass is 9.94. The Labute approximate surface area is 98.1 Å². The van der Waals surface area contributed by atoms with Gasteiger partial charge in [0, 0.05) is 26.1 Å². The Morgan fingerprint density at radius 3 is 2.44 bits per heavy atom. The maximum atomic E-state index is 11.1. The Kier molecular flexibility index (Phi) is 3.97. The summed E-state index contributed by atoms with van der Waals surface area (Å²) < 4.78 is 5.97. The second-order valence-corrected chi connectivity index (χ2v) is 5.60. The van der Waals surface area contributed by atoms with Crippen molar-refractivity contribution in [2.24, 2.45) is 0 Å². The molecule has 1 amide bonds. The quantitative estimate of drug-likeness (QED) is 0.756. The number of carbonyl (C=O) groups excluding carboxylic acids is 1. The van der Waals surface area contributed by atoms with Gasteiger partial charge in [0.25, 0.3) is 0 Å². The molecular weight excluding hydrogens is 204 g/mol. The van der Waals surface area contributed by atoms with Crippen molar-refractivity contribution in [2.75, 3.05) is 13.6 Å². The van der Waals surface area contributed by atoms with Crippen molar-refractivity contribution in [3.63, 3.8) is 0 Å². The molecular formula is C12H24N2O2. The molecule has 0 bridgehead atoms. The normalized spacial score (nSPS) is 26.7. The number of ether oxygens (including phenoxy) is 1. The third kappa shape index (κ3) is 3.46. The maximum Gasteiger partial charge on any atom is 0.221 e. The molecule has 2 N–H and O–H groups in total. The first-order chi connectivity index (χ1) is 7.27. The lowest BCUT2D eigenvalue weighted by molar-refractivity contribution is -0.120. The summed E-state index contributed by atoms with van der Waals surface area (Å²) in [6.07, 6.45) is 1.50. The van der Waals surface area contributed by atoms with E-state index in [1.54, 1.807) is 7.05 Å². The summed E-state index contributed by atoms with van der Waals surface area (Å²) in [4.78, 5) is 11.1. The molecule has 1 fully saturated rings. The van der Waals surface area contributed by atoms with Crippen LogP contribution in [0.15, 0.2) is 0 Å². The topological polar surface area (TPSA) is 50.4 Å². The van der Waals surface area contributed by atoms with Gasteiger partial charge in [0.2, 0.25) is 5.91 Å². The van der Waals surface area contributed by atoms with Gasteiger partial charge in [0.1, 0.15) is 0 Å². The molecule has 1 rings (SSSR count). The average Bonchev–Trinajstić information content (AvgIpc) is 2.34. The van der Waals surface area contributed by atoms with Crippen molar-refractivity contribution in [2.45, 2.75) is 57.8 Å². The molecule has 1 saturated heterocycles. The van der Waals surface area contributed by atoms with E-state index in [1.165, 1.54) is 0 Å². The maximum absolute atomic E-state index is 11.1. The summed E-state index contributed by atoms with van der Waals surface area (Å²) in [6.45, 7) is 9.11. The van der Waals surface area contributed by atoms with Gasteiger partial charge in [0.05, 0.1) is 11.2 Å².